The van der Waals surface area contributed by atoms with Crippen molar-refractivity contribution < 1.29 is 8.42 Å². The minimum absolute atomic E-state index is 0.204. The maximum atomic E-state index is 12.6. The lowest BCUT2D eigenvalue weighted by Gasteiger charge is -2.37. The highest BCUT2D eigenvalue weighted by atomic mass is 32.2. The van der Waals surface area contributed by atoms with Crippen molar-refractivity contribution in [1.82, 2.24) is 19.5 Å². The molecule has 8 heteroatoms. The molecule has 0 amide bonds. The van der Waals surface area contributed by atoms with Crippen LogP contribution in [0, 0.1) is 12.3 Å². The van der Waals surface area contributed by atoms with Crippen LogP contribution in [-0.2, 0) is 10.0 Å². The fraction of sp³-hybridized carbons (Fsp3) is 0.786. The van der Waals surface area contributed by atoms with Crippen molar-refractivity contribution in [2.45, 2.75) is 25.3 Å². The van der Waals surface area contributed by atoms with Gasteiger partial charge in [-0.2, -0.15) is 4.31 Å². The molecule has 0 aromatic carbocycles. The predicted molar refractivity (Wildman–Crippen MR) is 87.6 cm³/mol. The lowest BCUT2D eigenvalue weighted by atomic mass is 9.89. The van der Waals surface area contributed by atoms with E-state index < -0.39 is 10.0 Å². The van der Waals surface area contributed by atoms with Gasteiger partial charge in [-0.25, -0.2) is 13.4 Å². The van der Waals surface area contributed by atoms with Crippen LogP contribution in [0.2, 0.25) is 0 Å². The summed E-state index contributed by atoms with van der Waals surface area (Å²) in [6.45, 7) is 10.1. The number of aromatic nitrogens is 1. The van der Waals surface area contributed by atoms with Crippen molar-refractivity contribution >= 4 is 21.4 Å². The van der Waals surface area contributed by atoms with Gasteiger partial charge in [-0.05, 0) is 25.3 Å². The quantitative estimate of drug-likeness (QED) is 0.873. The molecule has 2 fully saturated rings. The second-order valence-corrected chi connectivity index (χ2v) is 9.57. The number of aryl methyl sites for hydroxylation is 1. The van der Waals surface area contributed by atoms with E-state index in [1.54, 1.807) is 9.69 Å². The van der Waals surface area contributed by atoms with Gasteiger partial charge in [0.25, 0.3) is 10.0 Å². The molecule has 1 atom stereocenters. The van der Waals surface area contributed by atoms with Crippen molar-refractivity contribution in [1.29, 1.82) is 0 Å². The number of thiazole rings is 1. The lowest BCUT2D eigenvalue weighted by molar-refractivity contribution is 0.132. The third-order valence-electron chi connectivity index (χ3n) is 4.60. The molecular weight excluding hydrogens is 320 g/mol. The van der Waals surface area contributed by atoms with Gasteiger partial charge in [0.2, 0.25) is 0 Å². The first-order valence-corrected chi connectivity index (χ1v) is 10.1. The van der Waals surface area contributed by atoms with Gasteiger partial charge in [-0.1, -0.05) is 6.92 Å². The number of sulfonamides is 1. The summed E-state index contributed by atoms with van der Waals surface area (Å²) in [4.78, 5) is 6.53. The number of hydrogen-bond donors (Lipinski definition) is 1. The van der Waals surface area contributed by atoms with Gasteiger partial charge in [0.05, 0.1) is 5.01 Å². The van der Waals surface area contributed by atoms with E-state index in [9.17, 15) is 8.42 Å². The van der Waals surface area contributed by atoms with Crippen molar-refractivity contribution in [3.05, 3.63) is 10.4 Å². The van der Waals surface area contributed by atoms with E-state index in [-0.39, 0.29) is 5.03 Å². The van der Waals surface area contributed by atoms with Crippen LogP contribution in [0.25, 0.3) is 0 Å². The van der Waals surface area contributed by atoms with Gasteiger partial charge < -0.3 is 10.2 Å². The van der Waals surface area contributed by atoms with Crippen molar-refractivity contribution in [2.75, 3.05) is 45.8 Å². The monoisotopic (exact) mass is 344 g/mol. The van der Waals surface area contributed by atoms with E-state index in [0.29, 0.717) is 18.5 Å². The van der Waals surface area contributed by atoms with Gasteiger partial charge in [-0.3, -0.25) is 0 Å². The minimum atomic E-state index is -3.41. The van der Waals surface area contributed by atoms with Gasteiger partial charge in [0.1, 0.15) is 0 Å². The smallest absolute Gasteiger partial charge is 0.261 e. The van der Waals surface area contributed by atoms with Crippen LogP contribution in [0.15, 0.2) is 10.4 Å². The van der Waals surface area contributed by atoms with E-state index in [1.165, 1.54) is 17.8 Å². The molecular formula is C14H24N4O2S2. The highest BCUT2D eigenvalue weighted by Gasteiger charge is 2.34. The summed E-state index contributed by atoms with van der Waals surface area (Å²) < 4.78 is 26.7. The van der Waals surface area contributed by atoms with E-state index in [2.05, 4.69) is 22.1 Å². The molecule has 0 radical (unpaired) electrons. The van der Waals surface area contributed by atoms with Crippen LogP contribution < -0.4 is 5.32 Å². The SMILES string of the molecule is Cc1nc(S(=O)(=O)N2CCN(CC3(C)CCNC3)CC2)cs1. The van der Waals surface area contributed by atoms with Crippen LogP contribution in [-0.4, -0.2) is 68.4 Å². The molecule has 124 valence electrons. The van der Waals surface area contributed by atoms with Gasteiger partial charge in [0, 0.05) is 44.6 Å². The average molecular weight is 345 g/mol. The Morgan fingerprint density at radius 1 is 1.36 bits per heavy atom. The van der Waals surface area contributed by atoms with Crippen molar-refractivity contribution in [3.63, 3.8) is 0 Å². The van der Waals surface area contributed by atoms with E-state index >= 15 is 0 Å². The van der Waals surface area contributed by atoms with Crippen molar-refractivity contribution in [3.8, 4) is 0 Å². The molecule has 22 heavy (non-hydrogen) atoms. The van der Waals surface area contributed by atoms with E-state index in [1.807, 2.05) is 6.92 Å². The molecule has 2 aliphatic heterocycles. The molecule has 0 saturated carbocycles. The Bertz CT molecular complexity index is 615. The molecule has 2 saturated heterocycles. The highest BCUT2D eigenvalue weighted by molar-refractivity contribution is 7.89. The first kappa shape index (κ1) is 16.3. The largest absolute Gasteiger partial charge is 0.316 e. The molecule has 1 unspecified atom stereocenters. The number of hydrogen-bond acceptors (Lipinski definition) is 6. The molecule has 3 rings (SSSR count). The second-order valence-electron chi connectivity index (χ2n) is 6.62. The van der Waals surface area contributed by atoms with Crippen LogP contribution in [0.3, 0.4) is 0 Å². The summed E-state index contributed by atoms with van der Waals surface area (Å²) in [5, 5.41) is 6.06. The zero-order chi connectivity index (χ0) is 15.8. The maximum absolute atomic E-state index is 12.6. The zero-order valence-electron chi connectivity index (χ0n) is 13.2. The fourth-order valence-corrected chi connectivity index (χ4v) is 5.59. The van der Waals surface area contributed by atoms with Crippen LogP contribution in [0.4, 0.5) is 0 Å². The molecule has 3 heterocycles. The average Bonchev–Trinajstić information content (AvgIpc) is 3.09. The normalized spacial score (nSPS) is 28.3. The van der Waals surface area contributed by atoms with Crippen LogP contribution >= 0.6 is 11.3 Å². The van der Waals surface area contributed by atoms with Gasteiger partial charge >= 0.3 is 0 Å². The molecule has 0 bridgehead atoms. The third kappa shape index (κ3) is 3.35. The Morgan fingerprint density at radius 3 is 2.64 bits per heavy atom. The number of nitrogens with zero attached hydrogens (tertiary/aromatic N) is 3. The topological polar surface area (TPSA) is 65.5 Å². The predicted octanol–water partition coefficient (Wildman–Crippen LogP) is 0.757. The molecule has 1 N–H and O–H groups in total. The molecule has 6 nitrogen and oxygen atoms in total. The lowest BCUT2D eigenvalue weighted by Crippen LogP contribution is -2.51. The Hall–Kier alpha value is -0.540. The fourth-order valence-electron chi connectivity index (χ4n) is 3.27. The number of nitrogens with one attached hydrogen (secondary N) is 1. The van der Waals surface area contributed by atoms with Gasteiger partial charge in [0.15, 0.2) is 5.03 Å². The zero-order valence-corrected chi connectivity index (χ0v) is 14.8. The van der Waals surface area contributed by atoms with E-state index in [0.717, 1.165) is 37.7 Å². The third-order valence-corrected chi connectivity index (χ3v) is 7.30. The molecule has 0 aliphatic carbocycles. The summed E-state index contributed by atoms with van der Waals surface area (Å²) in [7, 11) is -3.41. The first-order chi connectivity index (χ1) is 10.4. The maximum Gasteiger partial charge on any atom is 0.261 e. The summed E-state index contributed by atoms with van der Waals surface area (Å²) in [5.41, 5.74) is 0.326. The Balaban J connectivity index is 1.59. The summed E-state index contributed by atoms with van der Waals surface area (Å²) in [5.74, 6) is 0. The second kappa shape index (κ2) is 6.16. The summed E-state index contributed by atoms with van der Waals surface area (Å²) in [6, 6.07) is 0. The standard InChI is InChI=1S/C14H24N4O2S2/c1-12-16-13(9-21-12)22(19,20)18-7-5-17(6-8-18)11-14(2)3-4-15-10-14/h9,15H,3-8,10-11H2,1-2H3. The molecule has 2 aliphatic rings. The van der Waals surface area contributed by atoms with Crippen LogP contribution in [0.5, 0.6) is 0 Å². The first-order valence-electron chi connectivity index (χ1n) is 7.74. The molecule has 1 aromatic heterocycles. The Morgan fingerprint density at radius 2 is 2.09 bits per heavy atom. The number of piperazine rings is 1. The molecule has 1 aromatic rings. The minimum Gasteiger partial charge on any atom is -0.316 e. The highest BCUT2D eigenvalue weighted by Crippen LogP contribution is 2.27. The van der Waals surface area contributed by atoms with Crippen LogP contribution in [0.1, 0.15) is 18.4 Å². The van der Waals surface area contributed by atoms with E-state index in [4.69, 9.17) is 0 Å². The summed E-state index contributed by atoms with van der Waals surface area (Å²) in [6.07, 6.45) is 1.20. The van der Waals surface area contributed by atoms with Gasteiger partial charge in [-0.15, -0.1) is 11.3 Å². The Kier molecular flexibility index (Phi) is 4.57. The Labute approximate surface area is 136 Å². The van der Waals surface area contributed by atoms with Crippen molar-refractivity contribution in [2.24, 2.45) is 5.41 Å². The summed E-state index contributed by atoms with van der Waals surface area (Å²) >= 11 is 1.38. The number of rotatable bonds is 4. The molecule has 0 spiro atoms.